The molecule has 4 nitrogen and oxygen atoms in total. The van der Waals surface area contributed by atoms with Crippen LogP contribution in [0.2, 0.25) is 0 Å². The second-order valence-corrected chi connectivity index (χ2v) is 2.09. The first-order valence-electron chi connectivity index (χ1n) is 3.14. The summed E-state index contributed by atoms with van der Waals surface area (Å²) >= 11 is 0. The normalized spacial score (nSPS) is 10.1. The summed E-state index contributed by atoms with van der Waals surface area (Å²) in [5.74, 6) is 5.41. The van der Waals surface area contributed by atoms with Crippen LogP contribution in [-0.2, 0) is 11.3 Å². The van der Waals surface area contributed by atoms with Crippen LogP contribution in [0.1, 0.15) is 0 Å². The molecule has 0 saturated carbocycles. The van der Waals surface area contributed by atoms with E-state index < -0.39 is 0 Å². The first kappa shape index (κ1) is 7.08. The lowest BCUT2D eigenvalue weighted by Gasteiger charge is -1.92. The number of rotatable bonds is 3. The molecule has 2 N–H and O–H groups in total. The predicted molar refractivity (Wildman–Crippen MR) is 36.7 cm³/mol. The zero-order chi connectivity index (χ0) is 7.40. The summed E-state index contributed by atoms with van der Waals surface area (Å²) < 4.78 is 8.36. The number of hydrogen-bond acceptors (Lipinski definition) is 2. The van der Waals surface area contributed by atoms with E-state index in [9.17, 15) is 0 Å². The van der Waals surface area contributed by atoms with E-state index in [1.54, 1.807) is 19.6 Å². The van der Waals surface area contributed by atoms with Crippen LogP contribution in [0.3, 0.4) is 0 Å². The summed E-state index contributed by atoms with van der Waals surface area (Å²) in [6.45, 7) is 1.56. The van der Waals surface area contributed by atoms with E-state index in [4.69, 9.17) is 10.6 Å². The van der Waals surface area contributed by atoms with Crippen LogP contribution >= 0.6 is 0 Å². The van der Waals surface area contributed by atoms with Crippen molar-refractivity contribution in [2.24, 2.45) is 0 Å². The Morgan fingerprint density at radius 2 is 2.50 bits per heavy atom. The molecule has 0 aromatic carbocycles. The highest BCUT2D eigenvalue weighted by Gasteiger charge is 1.97. The smallest absolute Gasteiger partial charge is 0.267 e. The number of nitrogens with two attached hydrogens (primary N) is 1. The van der Waals surface area contributed by atoms with E-state index in [-0.39, 0.29) is 0 Å². The molecule has 4 heteroatoms. The van der Waals surface area contributed by atoms with Crippen molar-refractivity contribution in [3.05, 3.63) is 18.7 Å². The number of nitrogen functional groups attached to an aromatic ring is 1. The highest BCUT2D eigenvalue weighted by molar-refractivity contribution is 4.63. The monoisotopic (exact) mass is 142 g/mol. The zero-order valence-corrected chi connectivity index (χ0v) is 6.03. The molecule has 1 aromatic rings. The Morgan fingerprint density at radius 3 is 3.00 bits per heavy atom. The zero-order valence-electron chi connectivity index (χ0n) is 6.03. The molecule has 0 unspecified atom stereocenters. The van der Waals surface area contributed by atoms with Gasteiger partial charge in [-0.2, -0.15) is 0 Å². The van der Waals surface area contributed by atoms with Crippen molar-refractivity contribution in [3.63, 3.8) is 0 Å². The number of imidazole rings is 1. The van der Waals surface area contributed by atoms with Gasteiger partial charge in [-0.15, -0.1) is 4.68 Å². The summed E-state index contributed by atoms with van der Waals surface area (Å²) in [6, 6.07) is 0. The van der Waals surface area contributed by atoms with Gasteiger partial charge in [0.15, 0.2) is 6.20 Å². The second kappa shape index (κ2) is 3.22. The molecule has 0 spiro atoms. The first-order valence-corrected chi connectivity index (χ1v) is 3.14. The van der Waals surface area contributed by atoms with E-state index in [0.717, 1.165) is 6.54 Å². The average Bonchev–Trinajstić information content (AvgIpc) is 2.31. The lowest BCUT2D eigenvalue weighted by Crippen LogP contribution is -2.33. The van der Waals surface area contributed by atoms with Crippen LogP contribution in [0.25, 0.3) is 0 Å². The van der Waals surface area contributed by atoms with Crippen LogP contribution in [-0.4, -0.2) is 18.4 Å². The van der Waals surface area contributed by atoms with Gasteiger partial charge in [-0.25, -0.2) is 4.57 Å². The van der Waals surface area contributed by atoms with E-state index in [2.05, 4.69) is 0 Å². The lowest BCUT2D eigenvalue weighted by atomic mass is 10.7. The molecular weight excluding hydrogens is 130 g/mol. The average molecular weight is 142 g/mol. The molecule has 1 heterocycles. The summed E-state index contributed by atoms with van der Waals surface area (Å²) in [5.41, 5.74) is 0. The SMILES string of the molecule is COCC[n+]1ccn(N)c1. The maximum atomic E-state index is 5.41. The highest BCUT2D eigenvalue weighted by atomic mass is 16.5. The Balaban J connectivity index is 2.42. The Hall–Kier alpha value is -1.03. The van der Waals surface area contributed by atoms with Crippen LogP contribution in [0.15, 0.2) is 18.7 Å². The van der Waals surface area contributed by atoms with Crippen molar-refractivity contribution < 1.29 is 9.30 Å². The van der Waals surface area contributed by atoms with E-state index >= 15 is 0 Å². The summed E-state index contributed by atoms with van der Waals surface area (Å²) in [7, 11) is 1.68. The van der Waals surface area contributed by atoms with Gasteiger partial charge in [-0.3, -0.25) is 5.84 Å². The molecule has 0 atom stereocenters. The minimum Gasteiger partial charge on any atom is -0.381 e. The van der Waals surface area contributed by atoms with Gasteiger partial charge >= 0.3 is 0 Å². The van der Waals surface area contributed by atoms with Gasteiger partial charge in [0.2, 0.25) is 0 Å². The topological polar surface area (TPSA) is 44.1 Å². The van der Waals surface area contributed by atoms with E-state index in [1.807, 2.05) is 10.8 Å². The minimum atomic E-state index is 0.717. The third-order valence-corrected chi connectivity index (χ3v) is 1.27. The largest absolute Gasteiger partial charge is 0.381 e. The molecule has 0 aliphatic carbocycles. The Kier molecular flexibility index (Phi) is 2.28. The quantitative estimate of drug-likeness (QED) is 0.440. The van der Waals surface area contributed by atoms with Crippen molar-refractivity contribution in [3.8, 4) is 0 Å². The highest BCUT2D eigenvalue weighted by Crippen LogP contribution is 1.74. The third kappa shape index (κ3) is 1.73. The maximum Gasteiger partial charge on any atom is 0.267 e. The minimum absolute atomic E-state index is 0.717. The van der Waals surface area contributed by atoms with Crippen LogP contribution in [0, 0.1) is 0 Å². The fraction of sp³-hybridized carbons (Fsp3) is 0.500. The van der Waals surface area contributed by atoms with Crippen molar-refractivity contribution in [1.29, 1.82) is 0 Å². The fourth-order valence-corrected chi connectivity index (χ4v) is 0.740. The van der Waals surface area contributed by atoms with E-state index in [0.29, 0.717) is 6.61 Å². The second-order valence-electron chi connectivity index (χ2n) is 2.09. The summed E-state index contributed by atoms with van der Waals surface area (Å²) in [4.78, 5) is 0. The molecule has 56 valence electrons. The predicted octanol–water partition coefficient (Wildman–Crippen LogP) is -0.864. The van der Waals surface area contributed by atoms with Gasteiger partial charge in [0.05, 0.1) is 6.61 Å². The Labute approximate surface area is 59.8 Å². The molecule has 0 radical (unpaired) electrons. The molecule has 0 aliphatic rings. The number of nitrogens with zero attached hydrogens (tertiary/aromatic N) is 2. The molecule has 0 fully saturated rings. The van der Waals surface area contributed by atoms with E-state index in [1.165, 1.54) is 4.68 Å². The maximum absolute atomic E-state index is 5.41. The van der Waals surface area contributed by atoms with Gasteiger partial charge in [0.25, 0.3) is 6.33 Å². The number of hydrogen-bond donors (Lipinski definition) is 1. The van der Waals surface area contributed by atoms with Gasteiger partial charge in [-0.1, -0.05) is 0 Å². The van der Waals surface area contributed by atoms with Gasteiger partial charge in [0.1, 0.15) is 12.7 Å². The summed E-state index contributed by atoms with van der Waals surface area (Å²) in [6.07, 6.45) is 5.49. The van der Waals surface area contributed by atoms with Crippen molar-refractivity contribution in [2.45, 2.75) is 6.54 Å². The Bertz CT molecular complexity index is 197. The van der Waals surface area contributed by atoms with Gasteiger partial charge in [0, 0.05) is 7.11 Å². The van der Waals surface area contributed by atoms with Crippen LogP contribution in [0.5, 0.6) is 0 Å². The van der Waals surface area contributed by atoms with Gasteiger partial charge in [-0.05, 0) is 0 Å². The fourth-order valence-electron chi connectivity index (χ4n) is 0.740. The molecule has 10 heavy (non-hydrogen) atoms. The van der Waals surface area contributed by atoms with Crippen molar-refractivity contribution >= 4 is 0 Å². The summed E-state index contributed by atoms with van der Waals surface area (Å²) in [5, 5.41) is 0. The molecule has 0 amide bonds. The molecule has 0 aliphatic heterocycles. The van der Waals surface area contributed by atoms with Crippen LogP contribution < -0.4 is 10.4 Å². The number of ether oxygens (including phenoxy) is 1. The van der Waals surface area contributed by atoms with Crippen molar-refractivity contribution in [2.75, 3.05) is 19.6 Å². The third-order valence-electron chi connectivity index (χ3n) is 1.27. The van der Waals surface area contributed by atoms with Gasteiger partial charge < -0.3 is 4.74 Å². The lowest BCUT2D eigenvalue weighted by molar-refractivity contribution is -0.697. The molecule has 0 saturated heterocycles. The first-order chi connectivity index (χ1) is 4.83. The number of methoxy groups -OCH3 is 1. The molecule has 0 bridgehead atoms. The van der Waals surface area contributed by atoms with Crippen molar-refractivity contribution in [1.82, 2.24) is 4.68 Å². The standard InChI is InChI=1S/C6H12N3O/c1-10-5-4-8-2-3-9(7)6-8/h2-3,6H,4-5,7H2,1H3/q+1. The Morgan fingerprint density at radius 1 is 1.70 bits per heavy atom. The molecule has 1 aromatic heterocycles. The number of aromatic nitrogens is 2. The molecular formula is C6H12N3O+. The van der Waals surface area contributed by atoms with Crippen LogP contribution in [0.4, 0.5) is 0 Å². The molecule has 1 rings (SSSR count).